The first-order chi connectivity index (χ1) is 9.72. The third-order valence-electron chi connectivity index (χ3n) is 3.11. The average Bonchev–Trinajstić information content (AvgIpc) is 2.47. The Morgan fingerprint density at radius 1 is 1.40 bits per heavy atom. The van der Waals surface area contributed by atoms with Crippen LogP contribution in [0.3, 0.4) is 0 Å². The van der Waals surface area contributed by atoms with Crippen molar-refractivity contribution < 1.29 is 4.74 Å². The molecule has 0 radical (unpaired) electrons. The van der Waals surface area contributed by atoms with Gasteiger partial charge in [0.15, 0.2) is 0 Å². The number of aryl methyl sites for hydroxylation is 1. The van der Waals surface area contributed by atoms with Crippen molar-refractivity contribution in [2.45, 2.75) is 26.4 Å². The minimum atomic E-state index is 0.0113. The Kier molecular flexibility index (Phi) is 7.44. The van der Waals surface area contributed by atoms with E-state index in [0.717, 1.165) is 29.9 Å². The van der Waals surface area contributed by atoms with Crippen LogP contribution in [0.2, 0.25) is 0 Å². The van der Waals surface area contributed by atoms with Crippen molar-refractivity contribution in [3.05, 3.63) is 66.3 Å². The second-order valence-electron chi connectivity index (χ2n) is 4.66. The van der Waals surface area contributed by atoms with Gasteiger partial charge in [-0.05, 0) is 44.6 Å². The Hall–Kier alpha value is -1.80. The predicted octanol–water partition coefficient (Wildman–Crippen LogP) is 4.04. The molecule has 1 unspecified atom stereocenters. The summed E-state index contributed by atoms with van der Waals surface area (Å²) < 4.78 is 6.18. The lowest BCUT2D eigenvalue weighted by atomic mass is 10.1. The fraction of sp³-hybridized carbons (Fsp3) is 0.333. The molecule has 20 heavy (non-hydrogen) atoms. The molecule has 2 heteroatoms. The Balaban J connectivity index is 2.93. The van der Waals surface area contributed by atoms with Crippen LogP contribution in [0.15, 0.2) is 60.7 Å². The molecule has 1 aromatic carbocycles. The van der Waals surface area contributed by atoms with E-state index in [1.807, 2.05) is 50.4 Å². The van der Waals surface area contributed by atoms with Crippen LogP contribution in [-0.2, 0) is 0 Å². The molecule has 1 aromatic rings. The number of benzene rings is 1. The number of ether oxygens (including phenoxy) is 1. The fourth-order valence-electron chi connectivity index (χ4n) is 1.93. The number of allylic oxidation sites excluding steroid dienone is 3. The Morgan fingerprint density at radius 3 is 2.75 bits per heavy atom. The van der Waals surface area contributed by atoms with Crippen LogP contribution in [0, 0.1) is 6.92 Å². The van der Waals surface area contributed by atoms with E-state index in [9.17, 15) is 0 Å². The standard InChI is InChI=1S/C18H25NO/c1-5-7-11-16(6-2)18(13-14-19-4)20-17-12-9-8-10-15(17)3/h5-12,18-19H,2,13-14H2,1,3-4H3/b7-5-,16-11+. The zero-order chi connectivity index (χ0) is 14.8. The molecule has 0 aromatic heterocycles. The highest BCUT2D eigenvalue weighted by Crippen LogP contribution is 2.22. The van der Waals surface area contributed by atoms with E-state index < -0.39 is 0 Å². The van der Waals surface area contributed by atoms with Crippen molar-refractivity contribution in [2.75, 3.05) is 13.6 Å². The van der Waals surface area contributed by atoms with Gasteiger partial charge in [-0.3, -0.25) is 0 Å². The van der Waals surface area contributed by atoms with E-state index >= 15 is 0 Å². The topological polar surface area (TPSA) is 21.3 Å². The minimum absolute atomic E-state index is 0.0113. The predicted molar refractivity (Wildman–Crippen MR) is 87.2 cm³/mol. The van der Waals surface area contributed by atoms with Crippen molar-refractivity contribution in [2.24, 2.45) is 0 Å². The normalized spacial score (nSPS) is 13.4. The van der Waals surface area contributed by atoms with Gasteiger partial charge in [0.1, 0.15) is 11.9 Å². The number of hydrogen-bond acceptors (Lipinski definition) is 2. The van der Waals surface area contributed by atoms with Crippen LogP contribution in [0.5, 0.6) is 5.75 Å². The van der Waals surface area contributed by atoms with Gasteiger partial charge in [-0.2, -0.15) is 0 Å². The maximum absolute atomic E-state index is 6.18. The van der Waals surface area contributed by atoms with Crippen molar-refractivity contribution in [3.8, 4) is 5.75 Å². The van der Waals surface area contributed by atoms with Crippen LogP contribution in [0.25, 0.3) is 0 Å². The van der Waals surface area contributed by atoms with Gasteiger partial charge in [-0.15, -0.1) is 0 Å². The highest BCUT2D eigenvalue weighted by Gasteiger charge is 2.14. The summed E-state index contributed by atoms with van der Waals surface area (Å²) in [4.78, 5) is 0. The summed E-state index contributed by atoms with van der Waals surface area (Å²) in [6, 6.07) is 8.10. The van der Waals surface area contributed by atoms with Gasteiger partial charge in [0.25, 0.3) is 0 Å². The summed E-state index contributed by atoms with van der Waals surface area (Å²) >= 11 is 0. The first kappa shape index (κ1) is 16.3. The minimum Gasteiger partial charge on any atom is -0.485 e. The quantitative estimate of drug-likeness (QED) is 0.720. The van der Waals surface area contributed by atoms with Crippen molar-refractivity contribution in [3.63, 3.8) is 0 Å². The van der Waals surface area contributed by atoms with Crippen LogP contribution in [0.4, 0.5) is 0 Å². The smallest absolute Gasteiger partial charge is 0.125 e. The van der Waals surface area contributed by atoms with Gasteiger partial charge in [0.2, 0.25) is 0 Å². The summed E-state index contributed by atoms with van der Waals surface area (Å²) in [5.41, 5.74) is 2.25. The van der Waals surface area contributed by atoms with E-state index in [2.05, 4.69) is 31.0 Å². The van der Waals surface area contributed by atoms with E-state index in [1.165, 1.54) is 0 Å². The molecule has 1 rings (SSSR count). The second kappa shape index (κ2) is 9.16. The summed E-state index contributed by atoms with van der Waals surface area (Å²) in [5.74, 6) is 0.932. The fourth-order valence-corrected chi connectivity index (χ4v) is 1.93. The van der Waals surface area contributed by atoms with Gasteiger partial charge in [-0.1, -0.05) is 49.1 Å². The first-order valence-electron chi connectivity index (χ1n) is 7.05. The van der Waals surface area contributed by atoms with Gasteiger partial charge >= 0.3 is 0 Å². The molecule has 0 heterocycles. The van der Waals surface area contributed by atoms with Crippen LogP contribution in [0.1, 0.15) is 18.9 Å². The van der Waals surface area contributed by atoms with E-state index in [-0.39, 0.29) is 6.10 Å². The molecule has 1 atom stereocenters. The Morgan fingerprint density at radius 2 is 2.15 bits per heavy atom. The van der Waals surface area contributed by atoms with E-state index in [1.54, 1.807) is 0 Å². The molecule has 1 N–H and O–H groups in total. The largest absolute Gasteiger partial charge is 0.485 e. The maximum Gasteiger partial charge on any atom is 0.125 e. The van der Waals surface area contributed by atoms with Crippen molar-refractivity contribution in [1.82, 2.24) is 5.32 Å². The van der Waals surface area contributed by atoms with Crippen molar-refractivity contribution >= 4 is 0 Å². The summed E-state index contributed by atoms with van der Waals surface area (Å²) in [7, 11) is 1.95. The van der Waals surface area contributed by atoms with Gasteiger partial charge < -0.3 is 10.1 Å². The van der Waals surface area contributed by atoms with Gasteiger partial charge in [0.05, 0.1) is 0 Å². The number of hydrogen-bond donors (Lipinski definition) is 1. The highest BCUT2D eigenvalue weighted by molar-refractivity contribution is 5.34. The molecular formula is C18H25NO. The second-order valence-corrected chi connectivity index (χ2v) is 4.66. The van der Waals surface area contributed by atoms with Crippen LogP contribution in [-0.4, -0.2) is 19.7 Å². The Bertz CT molecular complexity index is 474. The van der Waals surface area contributed by atoms with E-state index in [0.29, 0.717) is 0 Å². The van der Waals surface area contributed by atoms with Gasteiger partial charge in [0, 0.05) is 6.42 Å². The number of nitrogens with one attached hydrogen (secondary N) is 1. The zero-order valence-electron chi connectivity index (χ0n) is 12.7. The lowest BCUT2D eigenvalue weighted by Crippen LogP contribution is -2.24. The van der Waals surface area contributed by atoms with Gasteiger partial charge in [-0.25, -0.2) is 0 Å². The van der Waals surface area contributed by atoms with Crippen molar-refractivity contribution in [1.29, 1.82) is 0 Å². The third kappa shape index (κ3) is 5.06. The summed E-state index contributed by atoms with van der Waals surface area (Å²) in [5, 5.41) is 3.17. The molecule has 0 saturated heterocycles. The van der Waals surface area contributed by atoms with Crippen LogP contribution < -0.4 is 10.1 Å². The molecule has 2 nitrogen and oxygen atoms in total. The summed E-state index contributed by atoms with van der Waals surface area (Å²) in [6.45, 7) is 8.87. The van der Waals surface area contributed by atoms with Crippen LogP contribution >= 0.6 is 0 Å². The zero-order valence-corrected chi connectivity index (χ0v) is 12.7. The molecule has 0 spiro atoms. The average molecular weight is 271 g/mol. The third-order valence-corrected chi connectivity index (χ3v) is 3.11. The highest BCUT2D eigenvalue weighted by atomic mass is 16.5. The first-order valence-corrected chi connectivity index (χ1v) is 7.05. The lowest BCUT2D eigenvalue weighted by Gasteiger charge is -2.21. The molecule has 0 fully saturated rings. The molecule has 108 valence electrons. The monoisotopic (exact) mass is 271 g/mol. The molecular weight excluding hydrogens is 246 g/mol. The SMILES string of the molecule is C=C/C(=C\C=C/C)C(CCNC)Oc1ccccc1C. The molecule has 0 amide bonds. The molecule has 0 aliphatic carbocycles. The molecule has 0 aliphatic rings. The molecule has 0 saturated carbocycles. The lowest BCUT2D eigenvalue weighted by molar-refractivity contribution is 0.228. The molecule has 0 aliphatic heterocycles. The Labute approximate surface area is 122 Å². The van der Waals surface area contributed by atoms with E-state index in [4.69, 9.17) is 4.74 Å². The molecule has 0 bridgehead atoms. The number of para-hydroxylation sites is 1. The summed E-state index contributed by atoms with van der Waals surface area (Å²) in [6.07, 6.45) is 8.87. The maximum atomic E-state index is 6.18. The number of rotatable bonds is 8.